The van der Waals surface area contributed by atoms with Gasteiger partial charge in [-0.2, -0.15) is 0 Å². The Morgan fingerprint density at radius 3 is 2.23 bits per heavy atom. The van der Waals surface area contributed by atoms with Gasteiger partial charge in [0.05, 0.1) is 0 Å². The molecule has 0 aliphatic carbocycles. The zero-order chi connectivity index (χ0) is 9.31. The van der Waals surface area contributed by atoms with E-state index in [4.69, 9.17) is 5.73 Å². The van der Waals surface area contributed by atoms with Crippen LogP contribution in [-0.2, 0) is 0 Å². The summed E-state index contributed by atoms with van der Waals surface area (Å²) in [4.78, 5) is 4.90. The maximum Gasteiger partial charge on any atom is 0.0455 e. The summed E-state index contributed by atoms with van der Waals surface area (Å²) in [5.74, 6) is 0. The van der Waals surface area contributed by atoms with Gasteiger partial charge in [-0.15, -0.1) is 0 Å². The molecule has 2 aliphatic heterocycles. The van der Waals surface area contributed by atoms with Crippen LogP contribution >= 0.6 is 0 Å². The van der Waals surface area contributed by atoms with Gasteiger partial charge in [0.25, 0.3) is 0 Å². The molecule has 2 saturated heterocycles. The topological polar surface area (TPSA) is 32.5 Å². The Morgan fingerprint density at radius 2 is 1.77 bits per heavy atom. The smallest absolute Gasteiger partial charge is 0.0455 e. The minimum absolute atomic E-state index is 0.682. The second kappa shape index (κ2) is 3.56. The van der Waals surface area contributed by atoms with Crippen molar-refractivity contribution in [3.63, 3.8) is 0 Å². The van der Waals surface area contributed by atoms with Crippen LogP contribution in [0.2, 0.25) is 0 Å². The van der Waals surface area contributed by atoms with Crippen molar-refractivity contribution < 1.29 is 0 Å². The molecule has 13 heavy (non-hydrogen) atoms. The van der Waals surface area contributed by atoms with Crippen LogP contribution < -0.4 is 5.73 Å². The number of likely N-dealkylation sites (tertiary alicyclic amines) is 2. The molecule has 2 aliphatic rings. The fraction of sp³-hybridized carbons (Fsp3) is 1.00. The van der Waals surface area contributed by atoms with Crippen LogP contribution in [0.1, 0.15) is 19.8 Å². The maximum atomic E-state index is 5.62. The maximum absolute atomic E-state index is 5.62. The van der Waals surface area contributed by atoms with Crippen LogP contribution in [0.3, 0.4) is 0 Å². The number of hydrogen-bond acceptors (Lipinski definition) is 3. The standard InChI is InChI=1S/C10H21N3/c1-2-12-7-10(8-12)3-5-13(9-11)6-4-10/h2-9,11H2,1H3. The summed E-state index contributed by atoms with van der Waals surface area (Å²) in [7, 11) is 0. The molecule has 2 heterocycles. The van der Waals surface area contributed by atoms with Gasteiger partial charge in [0, 0.05) is 19.8 Å². The van der Waals surface area contributed by atoms with E-state index in [0.29, 0.717) is 5.41 Å². The summed E-state index contributed by atoms with van der Waals surface area (Å²) >= 11 is 0. The van der Waals surface area contributed by atoms with Crippen molar-refractivity contribution in [3.05, 3.63) is 0 Å². The highest BCUT2D eigenvalue weighted by Gasteiger charge is 2.43. The van der Waals surface area contributed by atoms with Gasteiger partial charge in [-0.1, -0.05) is 6.92 Å². The molecule has 0 aromatic carbocycles. The predicted octanol–water partition coefficient (Wildman–Crippen LogP) is 0.320. The average molecular weight is 183 g/mol. The van der Waals surface area contributed by atoms with Crippen molar-refractivity contribution in [3.8, 4) is 0 Å². The summed E-state index contributed by atoms with van der Waals surface area (Å²) in [6, 6.07) is 0. The molecule has 0 unspecified atom stereocenters. The van der Waals surface area contributed by atoms with Gasteiger partial charge in [0.2, 0.25) is 0 Å². The lowest BCUT2D eigenvalue weighted by atomic mass is 9.72. The lowest BCUT2D eigenvalue weighted by Crippen LogP contribution is -2.60. The van der Waals surface area contributed by atoms with Crippen molar-refractivity contribution in [1.29, 1.82) is 0 Å². The number of piperidine rings is 1. The zero-order valence-electron chi connectivity index (χ0n) is 8.63. The molecule has 0 saturated carbocycles. The fourth-order valence-corrected chi connectivity index (χ4v) is 2.65. The van der Waals surface area contributed by atoms with E-state index in [0.717, 1.165) is 6.67 Å². The molecule has 2 N–H and O–H groups in total. The summed E-state index contributed by atoms with van der Waals surface area (Å²) in [5, 5.41) is 0. The third-order valence-corrected chi connectivity index (χ3v) is 3.74. The first-order chi connectivity index (χ1) is 6.28. The quantitative estimate of drug-likeness (QED) is 0.669. The van der Waals surface area contributed by atoms with Crippen LogP contribution in [0.25, 0.3) is 0 Å². The Morgan fingerprint density at radius 1 is 1.15 bits per heavy atom. The van der Waals surface area contributed by atoms with E-state index in [-0.39, 0.29) is 0 Å². The average Bonchev–Trinajstić information content (AvgIpc) is 2.14. The van der Waals surface area contributed by atoms with Crippen molar-refractivity contribution in [2.45, 2.75) is 19.8 Å². The third-order valence-electron chi connectivity index (χ3n) is 3.74. The highest BCUT2D eigenvalue weighted by atomic mass is 15.2. The molecule has 0 radical (unpaired) electrons. The predicted molar refractivity (Wildman–Crippen MR) is 54.4 cm³/mol. The Kier molecular flexibility index (Phi) is 2.58. The van der Waals surface area contributed by atoms with E-state index >= 15 is 0 Å². The minimum atomic E-state index is 0.682. The second-order valence-corrected chi connectivity index (χ2v) is 4.60. The molecule has 0 aromatic heterocycles. The van der Waals surface area contributed by atoms with E-state index in [1.165, 1.54) is 45.6 Å². The van der Waals surface area contributed by atoms with Gasteiger partial charge in [-0.25, -0.2) is 0 Å². The molecule has 76 valence electrons. The van der Waals surface area contributed by atoms with Gasteiger partial charge in [-0.05, 0) is 37.9 Å². The van der Waals surface area contributed by atoms with Gasteiger partial charge in [0.1, 0.15) is 0 Å². The number of rotatable bonds is 2. The van der Waals surface area contributed by atoms with E-state index < -0.39 is 0 Å². The molecule has 0 atom stereocenters. The van der Waals surface area contributed by atoms with Crippen LogP contribution in [0.4, 0.5) is 0 Å². The summed E-state index contributed by atoms with van der Waals surface area (Å²) in [6.07, 6.45) is 2.72. The molecule has 0 bridgehead atoms. The molecular formula is C10H21N3. The highest BCUT2D eigenvalue weighted by Crippen LogP contribution is 2.39. The number of nitrogens with two attached hydrogens (primary N) is 1. The molecule has 2 rings (SSSR count). The van der Waals surface area contributed by atoms with Crippen molar-refractivity contribution in [1.82, 2.24) is 9.80 Å². The van der Waals surface area contributed by atoms with Crippen LogP contribution in [-0.4, -0.2) is 49.2 Å². The summed E-state index contributed by atoms with van der Waals surface area (Å²) in [5.41, 5.74) is 6.30. The van der Waals surface area contributed by atoms with E-state index in [2.05, 4.69) is 16.7 Å². The van der Waals surface area contributed by atoms with Crippen LogP contribution in [0.15, 0.2) is 0 Å². The monoisotopic (exact) mass is 183 g/mol. The SMILES string of the molecule is CCN1CC2(CCN(CN)CC2)C1. The molecule has 1 spiro atoms. The number of nitrogens with zero attached hydrogens (tertiary/aromatic N) is 2. The fourth-order valence-electron chi connectivity index (χ4n) is 2.65. The molecule has 2 fully saturated rings. The molecule has 0 amide bonds. The van der Waals surface area contributed by atoms with E-state index in [9.17, 15) is 0 Å². The first kappa shape index (κ1) is 9.44. The van der Waals surface area contributed by atoms with Gasteiger partial charge in [0.15, 0.2) is 0 Å². The normalized spacial score (nSPS) is 29.1. The lowest BCUT2D eigenvalue weighted by molar-refractivity contribution is -0.0428. The van der Waals surface area contributed by atoms with Gasteiger partial charge in [-0.3, -0.25) is 4.90 Å². The zero-order valence-corrected chi connectivity index (χ0v) is 8.63. The van der Waals surface area contributed by atoms with Crippen molar-refractivity contribution in [2.75, 3.05) is 39.4 Å². The van der Waals surface area contributed by atoms with Gasteiger partial charge < -0.3 is 10.6 Å². The summed E-state index contributed by atoms with van der Waals surface area (Å²) in [6.45, 7) is 9.32. The Hall–Kier alpha value is -0.120. The summed E-state index contributed by atoms with van der Waals surface area (Å²) < 4.78 is 0. The second-order valence-electron chi connectivity index (χ2n) is 4.60. The molecule has 0 aromatic rings. The Bertz CT molecular complexity index is 165. The lowest BCUT2D eigenvalue weighted by Gasteiger charge is -2.53. The van der Waals surface area contributed by atoms with E-state index in [1.54, 1.807) is 0 Å². The van der Waals surface area contributed by atoms with Crippen molar-refractivity contribution >= 4 is 0 Å². The molecule has 3 nitrogen and oxygen atoms in total. The minimum Gasteiger partial charge on any atom is -0.318 e. The van der Waals surface area contributed by atoms with Crippen LogP contribution in [0.5, 0.6) is 0 Å². The Balaban J connectivity index is 1.79. The molecular weight excluding hydrogens is 162 g/mol. The van der Waals surface area contributed by atoms with Gasteiger partial charge >= 0.3 is 0 Å². The third kappa shape index (κ3) is 1.73. The largest absolute Gasteiger partial charge is 0.318 e. The first-order valence-electron chi connectivity index (χ1n) is 5.43. The molecule has 3 heteroatoms. The number of hydrogen-bond donors (Lipinski definition) is 1. The first-order valence-corrected chi connectivity index (χ1v) is 5.43. The van der Waals surface area contributed by atoms with E-state index in [1.807, 2.05) is 0 Å². The Labute approximate surface area is 80.9 Å². The van der Waals surface area contributed by atoms with Crippen molar-refractivity contribution in [2.24, 2.45) is 11.1 Å². The highest BCUT2D eigenvalue weighted by molar-refractivity contribution is 4.97. The van der Waals surface area contributed by atoms with Crippen LogP contribution in [0, 0.1) is 5.41 Å².